The Morgan fingerprint density at radius 3 is 2.37 bits per heavy atom. The van der Waals surface area contributed by atoms with Gasteiger partial charge in [-0.3, -0.25) is 4.72 Å². The van der Waals surface area contributed by atoms with Crippen LogP contribution >= 0.6 is 59.1 Å². The van der Waals surface area contributed by atoms with Gasteiger partial charge in [0, 0.05) is 8.95 Å². The van der Waals surface area contributed by atoms with Crippen LogP contribution in [0.5, 0.6) is 0 Å². The van der Waals surface area contributed by atoms with E-state index in [9.17, 15) is 8.42 Å². The summed E-state index contributed by atoms with van der Waals surface area (Å²) < 4.78 is 29.7. The van der Waals surface area contributed by atoms with Crippen molar-refractivity contribution in [3.05, 3.63) is 42.6 Å². The van der Waals surface area contributed by atoms with Crippen LogP contribution in [-0.2, 0) is 10.0 Å². The Bertz CT molecular complexity index is 706. The highest BCUT2D eigenvalue weighted by atomic mass is 79.9. The van der Waals surface area contributed by atoms with Crippen LogP contribution in [0.2, 0.25) is 0 Å². The molecule has 2 aromatic rings. The second-order valence-electron chi connectivity index (χ2n) is 3.75. The molecule has 1 aromatic heterocycles. The van der Waals surface area contributed by atoms with E-state index in [0.29, 0.717) is 10.2 Å². The molecule has 0 fully saturated rings. The lowest BCUT2D eigenvalue weighted by molar-refractivity contribution is 0.603. The summed E-state index contributed by atoms with van der Waals surface area (Å²) >= 11 is 11.2. The fraction of sp³-hybridized carbons (Fsp3) is 0.0909. The predicted molar refractivity (Wildman–Crippen MR) is 89.4 cm³/mol. The van der Waals surface area contributed by atoms with Crippen molar-refractivity contribution in [2.24, 2.45) is 0 Å². The third-order valence-corrected chi connectivity index (χ3v) is 7.40. The Kier molecular flexibility index (Phi) is 4.77. The van der Waals surface area contributed by atoms with Crippen molar-refractivity contribution in [3.8, 4) is 0 Å². The van der Waals surface area contributed by atoms with E-state index >= 15 is 0 Å². The lowest BCUT2D eigenvalue weighted by atomic mass is 10.3. The Morgan fingerprint density at radius 2 is 1.84 bits per heavy atom. The highest BCUT2D eigenvalue weighted by molar-refractivity contribution is 9.11. The summed E-state index contributed by atoms with van der Waals surface area (Å²) in [5, 5.41) is 0. The molecule has 19 heavy (non-hydrogen) atoms. The first kappa shape index (κ1) is 15.5. The second-order valence-corrected chi connectivity index (χ2v) is 9.80. The molecule has 0 bridgehead atoms. The van der Waals surface area contributed by atoms with E-state index in [1.807, 2.05) is 6.92 Å². The van der Waals surface area contributed by atoms with Gasteiger partial charge in [-0.1, -0.05) is 15.9 Å². The van der Waals surface area contributed by atoms with Gasteiger partial charge >= 0.3 is 0 Å². The number of benzene rings is 1. The van der Waals surface area contributed by atoms with E-state index in [0.717, 1.165) is 13.8 Å². The maximum Gasteiger partial charge on any atom is 0.271 e. The number of sulfonamides is 1. The molecule has 2 rings (SSSR count). The number of aryl methyl sites for hydroxylation is 1. The first-order valence-corrected chi connectivity index (χ1v) is 9.71. The van der Waals surface area contributed by atoms with Gasteiger partial charge in [-0.25, -0.2) is 8.42 Å². The van der Waals surface area contributed by atoms with Crippen LogP contribution in [0.15, 0.2) is 41.2 Å². The molecule has 0 radical (unpaired) electrons. The summed E-state index contributed by atoms with van der Waals surface area (Å²) in [6, 6.07) is 6.90. The SMILES string of the molecule is Cc1cc(S(=O)(=O)Nc2ccc(Br)cc2Br)sc1Br. The third kappa shape index (κ3) is 3.60. The molecule has 1 N–H and O–H groups in total. The molecular formula is C11H8Br3NO2S2. The van der Waals surface area contributed by atoms with Crippen molar-refractivity contribution >= 4 is 74.8 Å². The highest BCUT2D eigenvalue weighted by Crippen LogP contribution is 2.33. The van der Waals surface area contributed by atoms with E-state index in [2.05, 4.69) is 52.5 Å². The van der Waals surface area contributed by atoms with Gasteiger partial charge in [0.1, 0.15) is 4.21 Å². The minimum absolute atomic E-state index is 0.284. The number of nitrogens with one attached hydrogen (secondary N) is 1. The summed E-state index contributed by atoms with van der Waals surface area (Å²) in [5.41, 5.74) is 1.41. The molecule has 0 saturated heterocycles. The Labute approximate surface area is 140 Å². The molecule has 0 spiro atoms. The van der Waals surface area contributed by atoms with Gasteiger partial charge in [0.2, 0.25) is 0 Å². The molecule has 1 aromatic carbocycles. The first-order valence-electron chi connectivity index (χ1n) is 5.03. The van der Waals surface area contributed by atoms with E-state index < -0.39 is 10.0 Å². The van der Waals surface area contributed by atoms with Crippen molar-refractivity contribution in [1.29, 1.82) is 0 Å². The van der Waals surface area contributed by atoms with E-state index in [1.54, 1.807) is 24.3 Å². The number of hydrogen-bond acceptors (Lipinski definition) is 3. The van der Waals surface area contributed by atoms with Crippen LogP contribution < -0.4 is 4.72 Å². The van der Waals surface area contributed by atoms with Crippen molar-refractivity contribution in [3.63, 3.8) is 0 Å². The molecule has 8 heteroatoms. The van der Waals surface area contributed by atoms with Crippen LogP contribution in [0.1, 0.15) is 5.56 Å². The topological polar surface area (TPSA) is 46.2 Å². The average molecular weight is 490 g/mol. The minimum Gasteiger partial charge on any atom is -0.278 e. The summed E-state index contributed by atoms with van der Waals surface area (Å²) in [6.07, 6.45) is 0. The quantitative estimate of drug-likeness (QED) is 0.648. The Morgan fingerprint density at radius 1 is 1.16 bits per heavy atom. The van der Waals surface area contributed by atoms with Gasteiger partial charge in [-0.15, -0.1) is 11.3 Å². The average Bonchev–Trinajstić information content (AvgIpc) is 2.64. The van der Waals surface area contributed by atoms with Crippen molar-refractivity contribution in [1.82, 2.24) is 0 Å². The van der Waals surface area contributed by atoms with Crippen LogP contribution in [0.25, 0.3) is 0 Å². The van der Waals surface area contributed by atoms with Crippen LogP contribution in [0, 0.1) is 6.92 Å². The number of halogens is 3. The second kappa shape index (κ2) is 5.85. The van der Waals surface area contributed by atoms with Crippen molar-refractivity contribution in [2.75, 3.05) is 4.72 Å². The number of hydrogen-bond donors (Lipinski definition) is 1. The number of thiophene rings is 1. The Hall–Kier alpha value is 0.110. The standard InChI is InChI=1S/C11H8Br3NO2S2/c1-6-4-10(18-11(6)14)19(16,17)15-9-3-2-7(12)5-8(9)13/h2-5,15H,1H3. The molecule has 0 amide bonds. The number of rotatable bonds is 3. The van der Waals surface area contributed by atoms with Crippen LogP contribution in [0.4, 0.5) is 5.69 Å². The van der Waals surface area contributed by atoms with Gasteiger partial charge in [0.25, 0.3) is 10.0 Å². The van der Waals surface area contributed by atoms with Crippen LogP contribution in [0.3, 0.4) is 0 Å². The maximum absolute atomic E-state index is 12.3. The summed E-state index contributed by atoms with van der Waals surface area (Å²) in [4.78, 5) is 0. The molecule has 0 unspecified atom stereocenters. The molecule has 0 aliphatic heterocycles. The van der Waals surface area contributed by atoms with Gasteiger partial charge < -0.3 is 0 Å². The molecule has 1 heterocycles. The molecule has 102 valence electrons. The highest BCUT2D eigenvalue weighted by Gasteiger charge is 2.19. The van der Waals surface area contributed by atoms with Gasteiger partial charge in [0.05, 0.1) is 9.47 Å². The summed E-state index contributed by atoms with van der Waals surface area (Å²) in [5.74, 6) is 0. The summed E-state index contributed by atoms with van der Waals surface area (Å²) in [6.45, 7) is 1.86. The molecule has 3 nitrogen and oxygen atoms in total. The van der Waals surface area contributed by atoms with Gasteiger partial charge in [0.15, 0.2) is 0 Å². The monoisotopic (exact) mass is 487 g/mol. The lowest BCUT2D eigenvalue weighted by Gasteiger charge is -2.08. The minimum atomic E-state index is -3.56. The van der Waals surface area contributed by atoms with Crippen molar-refractivity contribution in [2.45, 2.75) is 11.1 Å². The summed E-state index contributed by atoms with van der Waals surface area (Å²) in [7, 11) is -3.56. The van der Waals surface area contributed by atoms with E-state index in [-0.39, 0.29) is 4.21 Å². The molecular weight excluding hydrogens is 482 g/mol. The fourth-order valence-electron chi connectivity index (χ4n) is 1.33. The zero-order valence-electron chi connectivity index (χ0n) is 9.58. The van der Waals surface area contributed by atoms with Gasteiger partial charge in [-0.05, 0) is 68.6 Å². The smallest absolute Gasteiger partial charge is 0.271 e. The third-order valence-electron chi connectivity index (χ3n) is 2.27. The zero-order chi connectivity index (χ0) is 14.2. The molecule has 0 atom stereocenters. The number of anilines is 1. The maximum atomic E-state index is 12.3. The molecule has 0 aliphatic rings. The molecule has 0 aliphatic carbocycles. The van der Waals surface area contributed by atoms with E-state index in [1.165, 1.54) is 11.3 Å². The van der Waals surface area contributed by atoms with Gasteiger partial charge in [-0.2, -0.15) is 0 Å². The molecule has 0 saturated carbocycles. The predicted octanol–water partition coefficient (Wildman–Crippen LogP) is 5.14. The largest absolute Gasteiger partial charge is 0.278 e. The Balaban J connectivity index is 2.36. The van der Waals surface area contributed by atoms with Crippen LogP contribution in [-0.4, -0.2) is 8.42 Å². The van der Waals surface area contributed by atoms with Crippen molar-refractivity contribution < 1.29 is 8.42 Å². The fourth-order valence-corrected chi connectivity index (χ4v) is 5.91. The zero-order valence-corrected chi connectivity index (χ0v) is 16.0. The first-order chi connectivity index (χ1) is 8.79. The van der Waals surface area contributed by atoms with E-state index in [4.69, 9.17) is 0 Å². The normalized spacial score (nSPS) is 11.6. The lowest BCUT2D eigenvalue weighted by Crippen LogP contribution is -2.11.